The van der Waals surface area contributed by atoms with Gasteiger partial charge in [-0.1, -0.05) is 49.1 Å². The highest BCUT2D eigenvalue weighted by atomic mass is 16.5. The van der Waals surface area contributed by atoms with Crippen molar-refractivity contribution in [3.05, 3.63) is 78.6 Å². The Kier molecular flexibility index (Phi) is 8.56. The smallest absolute Gasteiger partial charge is 0.339 e. The third-order valence-corrected chi connectivity index (χ3v) is 5.25. The van der Waals surface area contributed by atoms with Crippen LogP contribution in [0.1, 0.15) is 18.4 Å². The quantitative estimate of drug-likeness (QED) is 0.292. The molecular formula is C25H28O7. The molecule has 3 rings (SSSR count). The van der Waals surface area contributed by atoms with Crippen LogP contribution in [0, 0.1) is 5.92 Å². The van der Waals surface area contributed by atoms with Gasteiger partial charge in [0.2, 0.25) is 0 Å². The number of hydrogen-bond donors (Lipinski definition) is 2. The van der Waals surface area contributed by atoms with Gasteiger partial charge >= 0.3 is 5.97 Å². The van der Waals surface area contributed by atoms with Gasteiger partial charge in [0.1, 0.15) is 18.5 Å². The molecule has 0 fully saturated rings. The lowest BCUT2D eigenvalue weighted by atomic mass is 9.90. The lowest BCUT2D eigenvalue weighted by molar-refractivity contribution is -0.141. The van der Waals surface area contributed by atoms with E-state index in [4.69, 9.17) is 14.2 Å². The SMILES string of the molecule is C=CC(=O)COCCC(O)C(O)CCOC1=CC2OC(=O)C(c3ccccc3)=CC2C=C1. The molecule has 1 heterocycles. The number of esters is 1. The second-order valence-corrected chi connectivity index (χ2v) is 7.61. The third-order valence-electron chi connectivity index (χ3n) is 5.25. The molecule has 7 heteroatoms. The number of benzene rings is 1. The summed E-state index contributed by atoms with van der Waals surface area (Å²) in [5.41, 5.74) is 1.37. The summed E-state index contributed by atoms with van der Waals surface area (Å²) in [6.45, 7) is 3.59. The van der Waals surface area contributed by atoms with Gasteiger partial charge in [-0.05, 0) is 30.2 Å². The van der Waals surface area contributed by atoms with Gasteiger partial charge in [0.05, 0.1) is 24.4 Å². The third kappa shape index (κ3) is 6.50. The Bertz CT molecular complexity index is 900. The number of aliphatic hydroxyl groups excluding tert-OH is 2. The predicted molar refractivity (Wildman–Crippen MR) is 118 cm³/mol. The molecule has 4 atom stereocenters. The van der Waals surface area contributed by atoms with Crippen molar-refractivity contribution in [1.82, 2.24) is 0 Å². The molecule has 4 unspecified atom stereocenters. The van der Waals surface area contributed by atoms with E-state index >= 15 is 0 Å². The number of hydrogen-bond acceptors (Lipinski definition) is 7. The lowest BCUT2D eigenvalue weighted by Gasteiger charge is -2.29. The number of rotatable bonds is 12. The molecule has 0 aromatic heterocycles. The zero-order valence-electron chi connectivity index (χ0n) is 17.8. The van der Waals surface area contributed by atoms with Crippen LogP contribution in [0.5, 0.6) is 0 Å². The maximum Gasteiger partial charge on any atom is 0.339 e. The van der Waals surface area contributed by atoms with Crippen molar-refractivity contribution in [3.8, 4) is 0 Å². The molecule has 1 aromatic rings. The second kappa shape index (κ2) is 11.6. The van der Waals surface area contributed by atoms with Crippen molar-refractivity contribution >= 4 is 17.3 Å². The minimum absolute atomic E-state index is 0.0735. The van der Waals surface area contributed by atoms with Gasteiger partial charge in [-0.15, -0.1) is 0 Å². The Hall–Kier alpha value is -3.00. The Balaban J connectivity index is 1.43. The predicted octanol–water partition coefficient (Wildman–Crippen LogP) is 2.36. The molecule has 1 aliphatic heterocycles. The van der Waals surface area contributed by atoms with Crippen molar-refractivity contribution in [2.24, 2.45) is 5.92 Å². The highest BCUT2D eigenvalue weighted by Crippen LogP contribution is 2.31. The van der Waals surface area contributed by atoms with Crippen molar-refractivity contribution in [2.75, 3.05) is 19.8 Å². The summed E-state index contributed by atoms with van der Waals surface area (Å²) in [6, 6.07) is 9.39. The zero-order valence-corrected chi connectivity index (χ0v) is 17.8. The van der Waals surface area contributed by atoms with Crippen LogP contribution in [-0.4, -0.2) is 60.1 Å². The molecule has 0 amide bonds. The van der Waals surface area contributed by atoms with Gasteiger partial charge in [-0.25, -0.2) is 4.79 Å². The summed E-state index contributed by atoms with van der Waals surface area (Å²) in [5, 5.41) is 20.1. The number of aliphatic hydroxyl groups is 2. The Morgan fingerprint density at radius 2 is 1.84 bits per heavy atom. The van der Waals surface area contributed by atoms with Crippen LogP contribution in [-0.2, 0) is 23.8 Å². The first kappa shape index (κ1) is 23.7. The molecular weight excluding hydrogens is 412 g/mol. The summed E-state index contributed by atoms with van der Waals surface area (Å²) in [7, 11) is 0. The standard InChI is InChI=1S/C25H28O7/c1-2-19(26)16-30-12-10-22(27)23(28)11-13-31-20-9-8-18-14-21(17-6-4-3-5-7-17)25(29)32-24(18)15-20/h2-9,14-15,18,22-24,27-28H,1,10-13,16H2. The van der Waals surface area contributed by atoms with Crippen LogP contribution in [0.3, 0.4) is 0 Å². The van der Waals surface area contributed by atoms with Crippen LogP contribution >= 0.6 is 0 Å². The molecule has 0 saturated carbocycles. The van der Waals surface area contributed by atoms with E-state index in [9.17, 15) is 19.8 Å². The first-order valence-corrected chi connectivity index (χ1v) is 10.6. The molecule has 0 spiro atoms. The van der Waals surface area contributed by atoms with Gasteiger partial charge < -0.3 is 24.4 Å². The lowest BCUT2D eigenvalue weighted by Crippen LogP contribution is -2.31. The minimum atomic E-state index is -0.988. The zero-order chi connectivity index (χ0) is 22.9. The molecule has 1 aromatic carbocycles. The molecule has 1 aliphatic carbocycles. The maximum atomic E-state index is 12.4. The van der Waals surface area contributed by atoms with E-state index in [-0.39, 0.29) is 50.3 Å². The fourth-order valence-corrected chi connectivity index (χ4v) is 3.40. The number of ketones is 1. The Labute approximate surface area is 187 Å². The Morgan fingerprint density at radius 3 is 2.56 bits per heavy atom. The summed E-state index contributed by atoms with van der Waals surface area (Å²) in [5.74, 6) is -0.141. The molecule has 0 saturated heterocycles. The first-order valence-electron chi connectivity index (χ1n) is 10.6. The average molecular weight is 440 g/mol. The van der Waals surface area contributed by atoms with Crippen molar-refractivity contribution in [3.63, 3.8) is 0 Å². The molecule has 170 valence electrons. The van der Waals surface area contributed by atoms with Gasteiger partial charge in [-0.3, -0.25) is 4.79 Å². The number of fused-ring (bicyclic) bond motifs is 1. The maximum absolute atomic E-state index is 12.4. The summed E-state index contributed by atoms with van der Waals surface area (Å²) in [4.78, 5) is 23.5. The van der Waals surface area contributed by atoms with E-state index in [1.807, 2.05) is 48.6 Å². The normalized spacial score (nSPS) is 21.5. The number of carbonyl (C=O) groups excluding carboxylic acids is 2. The molecule has 2 aliphatic rings. The van der Waals surface area contributed by atoms with E-state index in [1.165, 1.54) is 6.08 Å². The van der Waals surface area contributed by atoms with E-state index < -0.39 is 18.3 Å². The van der Waals surface area contributed by atoms with Crippen LogP contribution < -0.4 is 0 Å². The highest BCUT2D eigenvalue weighted by molar-refractivity contribution is 6.17. The van der Waals surface area contributed by atoms with Crippen molar-refractivity contribution < 1.29 is 34.0 Å². The molecule has 32 heavy (non-hydrogen) atoms. The van der Waals surface area contributed by atoms with Gasteiger partial charge in [0.25, 0.3) is 0 Å². The highest BCUT2D eigenvalue weighted by Gasteiger charge is 2.31. The fourth-order valence-electron chi connectivity index (χ4n) is 3.40. The van der Waals surface area contributed by atoms with Crippen LogP contribution in [0.2, 0.25) is 0 Å². The van der Waals surface area contributed by atoms with E-state index in [2.05, 4.69) is 6.58 Å². The molecule has 2 N–H and O–H groups in total. The van der Waals surface area contributed by atoms with E-state index in [0.717, 1.165) is 5.56 Å². The van der Waals surface area contributed by atoms with Gasteiger partial charge in [0, 0.05) is 18.9 Å². The van der Waals surface area contributed by atoms with Crippen LogP contribution in [0.4, 0.5) is 0 Å². The summed E-state index contributed by atoms with van der Waals surface area (Å²) < 4.78 is 16.4. The monoisotopic (exact) mass is 440 g/mol. The van der Waals surface area contributed by atoms with Crippen LogP contribution in [0.25, 0.3) is 5.57 Å². The number of ether oxygens (including phenoxy) is 3. The first-order chi connectivity index (χ1) is 15.5. The molecule has 0 radical (unpaired) electrons. The number of carbonyl (C=O) groups is 2. The van der Waals surface area contributed by atoms with Gasteiger partial charge in [-0.2, -0.15) is 0 Å². The van der Waals surface area contributed by atoms with Crippen LogP contribution in [0.15, 0.2) is 73.1 Å². The molecule has 7 nitrogen and oxygen atoms in total. The summed E-state index contributed by atoms with van der Waals surface area (Å²) in [6.07, 6.45) is 6.54. The largest absolute Gasteiger partial charge is 0.494 e. The molecule has 0 bridgehead atoms. The fraction of sp³-hybridized carbons (Fsp3) is 0.360. The average Bonchev–Trinajstić information content (AvgIpc) is 2.81. The van der Waals surface area contributed by atoms with Gasteiger partial charge in [0.15, 0.2) is 5.78 Å². The second-order valence-electron chi connectivity index (χ2n) is 7.61. The van der Waals surface area contributed by atoms with E-state index in [1.54, 1.807) is 6.08 Å². The van der Waals surface area contributed by atoms with E-state index in [0.29, 0.717) is 11.3 Å². The summed E-state index contributed by atoms with van der Waals surface area (Å²) >= 11 is 0. The Morgan fingerprint density at radius 1 is 1.12 bits per heavy atom. The topological polar surface area (TPSA) is 102 Å². The minimum Gasteiger partial charge on any atom is -0.494 e. The number of allylic oxidation sites excluding steroid dienone is 1. The van der Waals surface area contributed by atoms with Crippen molar-refractivity contribution in [2.45, 2.75) is 31.2 Å². The van der Waals surface area contributed by atoms with Crippen molar-refractivity contribution in [1.29, 1.82) is 0 Å².